The van der Waals surface area contributed by atoms with Gasteiger partial charge in [0.25, 0.3) is 0 Å². The number of hydrogen-bond donors (Lipinski definition) is 3. The molecule has 0 fully saturated rings. The average molecular weight is 262 g/mol. The summed E-state index contributed by atoms with van der Waals surface area (Å²) in [5, 5.41) is 3.05. The highest BCUT2D eigenvalue weighted by atomic mass is 32.2. The van der Waals surface area contributed by atoms with Gasteiger partial charge in [-0.15, -0.1) is 11.8 Å². The highest BCUT2D eigenvalue weighted by Crippen LogP contribution is 2.16. The number of nitrogens with two attached hydrogens (primary N) is 2. The van der Waals surface area contributed by atoms with E-state index in [2.05, 4.69) is 32.4 Å². The van der Waals surface area contributed by atoms with Gasteiger partial charge in [0.15, 0.2) is 0 Å². The van der Waals surface area contributed by atoms with E-state index in [-0.39, 0.29) is 11.9 Å². The number of nitrogens with zero attached hydrogens (tertiary/aromatic N) is 3. The molecule has 94 valence electrons. The van der Waals surface area contributed by atoms with Crippen LogP contribution in [0.2, 0.25) is 0 Å². The van der Waals surface area contributed by atoms with Crippen LogP contribution in [0.1, 0.15) is 0 Å². The molecule has 5 N–H and O–H groups in total. The Morgan fingerprint density at radius 3 is 2.33 bits per heavy atom. The number of benzene rings is 1. The average Bonchev–Trinajstić information content (AvgIpc) is 2.35. The van der Waals surface area contributed by atoms with Gasteiger partial charge in [0.1, 0.15) is 0 Å². The van der Waals surface area contributed by atoms with Crippen LogP contribution in [0.15, 0.2) is 35.2 Å². The van der Waals surface area contributed by atoms with Crippen molar-refractivity contribution in [1.82, 2.24) is 15.0 Å². The van der Waals surface area contributed by atoms with E-state index in [1.54, 1.807) is 11.8 Å². The second-order valence-electron chi connectivity index (χ2n) is 3.46. The number of rotatable bonds is 5. The van der Waals surface area contributed by atoms with Crippen molar-refractivity contribution in [2.24, 2.45) is 0 Å². The predicted molar refractivity (Wildman–Crippen MR) is 74.3 cm³/mol. The third kappa shape index (κ3) is 3.77. The van der Waals surface area contributed by atoms with Crippen LogP contribution in [0.4, 0.5) is 17.8 Å². The number of nitrogen functional groups attached to an aromatic ring is 2. The minimum Gasteiger partial charge on any atom is -0.368 e. The number of hydrogen-bond acceptors (Lipinski definition) is 7. The van der Waals surface area contributed by atoms with Gasteiger partial charge < -0.3 is 16.8 Å². The molecule has 0 saturated carbocycles. The zero-order valence-electron chi connectivity index (χ0n) is 9.71. The van der Waals surface area contributed by atoms with Gasteiger partial charge in [0, 0.05) is 17.2 Å². The van der Waals surface area contributed by atoms with Gasteiger partial charge in [-0.05, 0) is 12.1 Å². The lowest BCUT2D eigenvalue weighted by molar-refractivity contribution is 1.04. The predicted octanol–water partition coefficient (Wildman–Crippen LogP) is 1.24. The molecule has 0 amide bonds. The van der Waals surface area contributed by atoms with Crippen molar-refractivity contribution >= 4 is 29.6 Å². The molecule has 0 atom stereocenters. The second kappa shape index (κ2) is 6.06. The van der Waals surface area contributed by atoms with Crippen molar-refractivity contribution < 1.29 is 0 Å². The Hall–Kier alpha value is -2.02. The third-order valence-electron chi connectivity index (χ3n) is 2.07. The Morgan fingerprint density at radius 2 is 1.67 bits per heavy atom. The van der Waals surface area contributed by atoms with E-state index in [0.29, 0.717) is 5.95 Å². The SMILES string of the molecule is Nc1nc(N)nc(NCCSc2ccccc2)n1. The van der Waals surface area contributed by atoms with Crippen LogP contribution in [0.3, 0.4) is 0 Å². The molecule has 0 aliphatic rings. The molecule has 0 aliphatic heterocycles. The van der Waals surface area contributed by atoms with Crippen molar-refractivity contribution in [3.05, 3.63) is 30.3 Å². The highest BCUT2D eigenvalue weighted by Gasteiger charge is 2.00. The Bertz CT molecular complexity index is 484. The number of thioether (sulfide) groups is 1. The minimum atomic E-state index is 0.126. The first kappa shape index (κ1) is 12.4. The molecule has 18 heavy (non-hydrogen) atoms. The zero-order chi connectivity index (χ0) is 12.8. The monoisotopic (exact) mass is 262 g/mol. The van der Waals surface area contributed by atoms with Crippen LogP contribution >= 0.6 is 11.8 Å². The maximum atomic E-state index is 5.47. The Balaban J connectivity index is 1.78. The smallest absolute Gasteiger partial charge is 0.229 e. The molecule has 2 aromatic rings. The zero-order valence-corrected chi connectivity index (χ0v) is 10.5. The summed E-state index contributed by atoms with van der Waals surface area (Å²) in [6.45, 7) is 0.725. The first-order chi connectivity index (χ1) is 8.74. The van der Waals surface area contributed by atoms with Crippen molar-refractivity contribution in [3.8, 4) is 0 Å². The molecular weight excluding hydrogens is 248 g/mol. The fraction of sp³-hybridized carbons (Fsp3) is 0.182. The van der Waals surface area contributed by atoms with Crippen LogP contribution in [-0.4, -0.2) is 27.2 Å². The van der Waals surface area contributed by atoms with E-state index < -0.39 is 0 Å². The number of aromatic nitrogens is 3. The van der Waals surface area contributed by atoms with Gasteiger partial charge in [-0.2, -0.15) is 15.0 Å². The maximum absolute atomic E-state index is 5.47. The lowest BCUT2D eigenvalue weighted by Gasteiger charge is -2.05. The largest absolute Gasteiger partial charge is 0.368 e. The van der Waals surface area contributed by atoms with Gasteiger partial charge in [0.05, 0.1) is 0 Å². The fourth-order valence-corrected chi connectivity index (χ4v) is 2.13. The molecule has 0 saturated heterocycles. The van der Waals surface area contributed by atoms with Gasteiger partial charge >= 0.3 is 0 Å². The van der Waals surface area contributed by atoms with E-state index in [9.17, 15) is 0 Å². The Morgan fingerprint density at radius 1 is 1.00 bits per heavy atom. The molecular formula is C11H14N6S. The van der Waals surface area contributed by atoms with E-state index in [1.165, 1.54) is 4.90 Å². The van der Waals surface area contributed by atoms with Crippen molar-refractivity contribution in [2.45, 2.75) is 4.90 Å². The molecule has 0 radical (unpaired) electrons. The van der Waals surface area contributed by atoms with E-state index in [1.807, 2.05) is 18.2 Å². The molecule has 7 heteroatoms. The van der Waals surface area contributed by atoms with E-state index in [4.69, 9.17) is 11.5 Å². The molecule has 1 aromatic heterocycles. The number of anilines is 3. The Labute approximate surface area is 109 Å². The Kier molecular flexibility index (Phi) is 4.19. The van der Waals surface area contributed by atoms with Gasteiger partial charge in [-0.1, -0.05) is 18.2 Å². The molecule has 6 nitrogen and oxygen atoms in total. The summed E-state index contributed by atoms with van der Waals surface area (Å²) >= 11 is 1.75. The summed E-state index contributed by atoms with van der Waals surface area (Å²) in [6, 6.07) is 10.2. The van der Waals surface area contributed by atoms with Crippen LogP contribution in [-0.2, 0) is 0 Å². The highest BCUT2D eigenvalue weighted by molar-refractivity contribution is 7.99. The van der Waals surface area contributed by atoms with Gasteiger partial charge in [-0.3, -0.25) is 0 Å². The summed E-state index contributed by atoms with van der Waals surface area (Å²) in [7, 11) is 0. The van der Waals surface area contributed by atoms with Crippen molar-refractivity contribution in [2.75, 3.05) is 29.1 Å². The van der Waals surface area contributed by atoms with Crippen LogP contribution in [0, 0.1) is 0 Å². The van der Waals surface area contributed by atoms with Crippen molar-refractivity contribution in [3.63, 3.8) is 0 Å². The molecule has 2 rings (SSSR count). The van der Waals surface area contributed by atoms with Gasteiger partial charge in [-0.25, -0.2) is 0 Å². The molecule has 0 spiro atoms. The molecule has 1 aromatic carbocycles. The number of nitrogens with one attached hydrogen (secondary N) is 1. The van der Waals surface area contributed by atoms with Crippen LogP contribution < -0.4 is 16.8 Å². The summed E-state index contributed by atoms with van der Waals surface area (Å²) in [5.74, 6) is 1.56. The standard InChI is InChI=1S/C11H14N6S/c12-9-15-10(13)17-11(16-9)14-6-7-18-8-4-2-1-3-5-8/h1-5H,6-7H2,(H5,12,13,14,15,16,17). The first-order valence-corrected chi connectivity index (χ1v) is 6.41. The summed E-state index contributed by atoms with van der Waals surface area (Å²) in [4.78, 5) is 12.8. The minimum absolute atomic E-state index is 0.126. The summed E-state index contributed by atoms with van der Waals surface area (Å²) in [5.41, 5.74) is 10.9. The molecule has 0 aliphatic carbocycles. The normalized spacial score (nSPS) is 10.2. The molecule has 0 bridgehead atoms. The fourth-order valence-electron chi connectivity index (χ4n) is 1.34. The third-order valence-corrected chi connectivity index (χ3v) is 3.08. The maximum Gasteiger partial charge on any atom is 0.229 e. The molecule has 1 heterocycles. The van der Waals surface area contributed by atoms with Crippen LogP contribution in [0.25, 0.3) is 0 Å². The van der Waals surface area contributed by atoms with Crippen LogP contribution in [0.5, 0.6) is 0 Å². The summed E-state index contributed by atoms with van der Waals surface area (Å²) < 4.78 is 0. The van der Waals surface area contributed by atoms with E-state index >= 15 is 0 Å². The lowest BCUT2D eigenvalue weighted by Crippen LogP contribution is -2.11. The van der Waals surface area contributed by atoms with Gasteiger partial charge in [0.2, 0.25) is 17.8 Å². The summed E-state index contributed by atoms with van der Waals surface area (Å²) in [6.07, 6.45) is 0. The first-order valence-electron chi connectivity index (χ1n) is 5.43. The lowest BCUT2D eigenvalue weighted by atomic mass is 10.4. The molecule has 0 unspecified atom stereocenters. The van der Waals surface area contributed by atoms with E-state index in [0.717, 1.165) is 12.3 Å². The topological polar surface area (TPSA) is 103 Å². The van der Waals surface area contributed by atoms with Crippen molar-refractivity contribution in [1.29, 1.82) is 0 Å². The quantitative estimate of drug-likeness (QED) is 0.550. The second-order valence-corrected chi connectivity index (χ2v) is 4.63.